The molecule has 0 atom stereocenters. The molecule has 0 aliphatic carbocycles. The Balaban J connectivity index is 1.50. The minimum atomic E-state index is -0.302. The Kier molecular flexibility index (Phi) is 4.89. The molecule has 0 aliphatic rings. The number of nitriles is 1. The van der Waals surface area contributed by atoms with E-state index in [0.717, 1.165) is 4.88 Å². The molecular formula is C17H13N3O3S. The largest absolute Gasteiger partial charge is 0.482 e. The Morgan fingerprint density at radius 1 is 1.33 bits per heavy atom. The highest BCUT2D eigenvalue weighted by atomic mass is 32.1. The SMILES string of the molecule is N#Cc1ccccc1OCC(=O)NCc1coc(-c2cccs2)n1. The summed E-state index contributed by atoms with van der Waals surface area (Å²) in [7, 11) is 0. The third-order valence-corrected chi connectivity index (χ3v) is 3.97. The van der Waals surface area contributed by atoms with Gasteiger partial charge in [-0.3, -0.25) is 4.79 Å². The number of nitrogens with zero attached hydrogens (tertiary/aromatic N) is 2. The van der Waals surface area contributed by atoms with Crippen molar-refractivity contribution in [3.8, 4) is 22.6 Å². The van der Waals surface area contributed by atoms with E-state index in [1.165, 1.54) is 17.6 Å². The van der Waals surface area contributed by atoms with Gasteiger partial charge in [0.15, 0.2) is 6.61 Å². The van der Waals surface area contributed by atoms with Gasteiger partial charge in [-0.05, 0) is 23.6 Å². The summed E-state index contributed by atoms with van der Waals surface area (Å²) in [5.41, 5.74) is 1.02. The van der Waals surface area contributed by atoms with Gasteiger partial charge in [0.2, 0.25) is 5.89 Å². The van der Waals surface area contributed by atoms with E-state index in [4.69, 9.17) is 14.4 Å². The van der Waals surface area contributed by atoms with E-state index < -0.39 is 0 Å². The van der Waals surface area contributed by atoms with E-state index in [1.807, 2.05) is 23.6 Å². The molecule has 2 aromatic heterocycles. The number of benzene rings is 1. The van der Waals surface area contributed by atoms with Gasteiger partial charge in [-0.1, -0.05) is 18.2 Å². The molecule has 0 fully saturated rings. The lowest BCUT2D eigenvalue weighted by Gasteiger charge is -2.07. The molecule has 0 saturated heterocycles. The molecule has 24 heavy (non-hydrogen) atoms. The Morgan fingerprint density at radius 3 is 3.00 bits per heavy atom. The molecule has 0 unspecified atom stereocenters. The zero-order valence-electron chi connectivity index (χ0n) is 12.6. The number of nitrogens with one attached hydrogen (secondary N) is 1. The maximum absolute atomic E-state index is 11.8. The molecule has 3 rings (SSSR count). The number of carbonyl (C=O) groups is 1. The summed E-state index contributed by atoms with van der Waals surface area (Å²) in [5.74, 6) is 0.619. The van der Waals surface area contributed by atoms with Crippen LogP contribution in [0.25, 0.3) is 10.8 Å². The monoisotopic (exact) mass is 339 g/mol. The normalized spacial score (nSPS) is 10.1. The second kappa shape index (κ2) is 7.44. The van der Waals surface area contributed by atoms with Gasteiger partial charge in [0.05, 0.1) is 22.7 Å². The average molecular weight is 339 g/mol. The van der Waals surface area contributed by atoms with Crippen molar-refractivity contribution >= 4 is 17.2 Å². The minimum absolute atomic E-state index is 0.172. The number of para-hydroxylation sites is 1. The fourth-order valence-corrected chi connectivity index (χ4v) is 2.63. The standard InChI is InChI=1S/C17H13N3O3S/c18-8-12-4-1-2-5-14(12)22-11-16(21)19-9-13-10-23-17(20-13)15-6-3-7-24-15/h1-7,10H,9,11H2,(H,19,21). The first-order chi connectivity index (χ1) is 11.8. The zero-order valence-corrected chi connectivity index (χ0v) is 13.4. The van der Waals surface area contributed by atoms with Crippen LogP contribution in [0.4, 0.5) is 0 Å². The number of hydrogen-bond donors (Lipinski definition) is 1. The number of aromatic nitrogens is 1. The van der Waals surface area contributed by atoms with Crippen molar-refractivity contribution in [2.75, 3.05) is 6.61 Å². The fraction of sp³-hybridized carbons (Fsp3) is 0.118. The van der Waals surface area contributed by atoms with Crippen LogP contribution in [0.3, 0.4) is 0 Å². The highest BCUT2D eigenvalue weighted by Gasteiger charge is 2.10. The summed E-state index contributed by atoms with van der Waals surface area (Å²) in [5, 5.41) is 13.6. The van der Waals surface area contributed by atoms with E-state index in [0.29, 0.717) is 22.9 Å². The lowest BCUT2D eigenvalue weighted by Crippen LogP contribution is -2.28. The maximum Gasteiger partial charge on any atom is 0.258 e. The van der Waals surface area contributed by atoms with Crippen LogP contribution >= 0.6 is 11.3 Å². The van der Waals surface area contributed by atoms with Crippen LogP contribution in [0.15, 0.2) is 52.5 Å². The Morgan fingerprint density at radius 2 is 2.21 bits per heavy atom. The molecule has 2 heterocycles. The van der Waals surface area contributed by atoms with Crippen LogP contribution in [0.5, 0.6) is 5.75 Å². The molecule has 3 aromatic rings. The fourth-order valence-electron chi connectivity index (χ4n) is 1.97. The van der Waals surface area contributed by atoms with Crippen molar-refractivity contribution in [2.24, 2.45) is 0 Å². The third kappa shape index (κ3) is 3.80. The van der Waals surface area contributed by atoms with Gasteiger partial charge in [0.1, 0.15) is 18.1 Å². The van der Waals surface area contributed by atoms with Crippen LogP contribution in [0.1, 0.15) is 11.3 Å². The van der Waals surface area contributed by atoms with Gasteiger partial charge in [0.25, 0.3) is 5.91 Å². The van der Waals surface area contributed by atoms with Gasteiger partial charge >= 0.3 is 0 Å². The zero-order chi connectivity index (χ0) is 16.8. The second-order valence-electron chi connectivity index (χ2n) is 4.79. The number of hydrogen-bond acceptors (Lipinski definition) is 6. The molecule has 1 amide bonds. The van der Waals surface area contributed by atoms with Crippen LogP contribution in [-0.2, 0) is 11.3 Å². The quantitative estimate of drug-likeness (QED) is 0.746. The molecule has 0 saturated carbocycles. The summed E-state index contributed by atoms with van der Waals surface area (Å²) < 4.78 is 10.7. The number of carbonyl (C=O) groups excluding carboxylic acids is 1. The molecule has 0 spiro atoms. The van der Waals surface area contributed by atoms with Gasteiger partial charge in [0, 0.05) is 0 Å². The van der Waals surface area contributed by atoms with Gasteiger partial charge in [-0.15, -0.1) is 11.3 Å². The summed E-state index contributed by atoms with van der Waals surface area (Å²) >= 11 is 1.53. The van der Waals surface area contributed by atoms with Crippen molar-refractivity contribution in [3.63, 3.8) is 0 Å². The molecule has 1 aromatic carbocycles. The summed E-state index contributed by atoms with van der Waals surface area (Å²) in [6.07, 6.45) is 1.52. The van der Waals surface area contributed by atoms with E-state index >= 15 is 0 Å². The van der Waals surface area contributed by atoms with Gasteiger partial charge in [-0.25, -0.2) is 4.98 Å². The molecule has 0 aliphatic heterocycles. The minimum Gasteiger partial charge on any atom is -0.482 e. The summed E-state index contributed by atoms with van der Waals surface area (Å²) in [4.78, 5) is 17.1. The van der Waals surface area contributed by atoms with Crippen LogP contribution < -0.4 is 10.1 Å². The second-order valence-corrected chi connectivity index (χ2v) is 5.74. The molecule has 0 bridgehead atoms. The van der Waals surface area contributed by atoms with Crippen LogP contribution in [0, 0.1) is 11.3 Å². The van der Waals surface area contributed by atoms with Crippen LogP contribution in [-0.4, -0.2) is 17.5 Å². The number of rotatable bonds is 6. The average Bonchev–Trinajstić information content (AvgIpc) is 3.29. The first kappa shape index (κ1) is 15.8. The topological polar surface area (TPSA) is 88.1 Å². The number of ether oxygens (including phenoxy) is 1. The van der Waals surface area contributed by atoms with Gasteiger partial charge in [-0.2, -0.15) is 5.26 Å². The highest BCUT2D eigenvalue weighted by molar-refractivity contribution is 7.13. The predicted octanol–water partition coefficient (Wildman–Crippen LogP) is 2.97. The van der Waals surface area contributed by atoms with Crippen molar-refractivity contribution in [1.82, 2.24) is 10.3 Å². The number of thiophene rings is 1. The van der Waals surface area contributed by atoms with E-state index in [9.17, 15) is 4.79 Å². The molecule has 6 nitrogen and oxygen atoms in total. The van der Waals surface area contributed by atoms with Crippen molar-refractivity contribution in [3.05, 3.63) is 59.3 Å². The van der Waals surface area contributed by atoms with Crippen molar-refractivity contribution < 1.29 is 13.9 Å². The van der Waals surface area contributed by atoms with E-state index in [1.54, 1.807) is 24.3 Å². The predicted molar refractivity (Wildman–Crippen MR) is 88.3 cm³/mol. The summed E-state index contributed by atoms with van der Waals surface area (Å²) in [6, 6.07) is 12.6. The summed E-state index contributed by atoms with van der Waals surface area (Å²) in [6.45, 7) is 0.0747. The molecule has 7 heteroatoms. The van der Waals surface area contributed by atoms with Crippen molar-refractivity contribution in [1.29, 1.82) is 5.26 Å². The number of amides is 1. The molecular weight excluding hydrogens is 326 g/mol. The van der Waals surface area contributed by atoms with Gasteiger partial charge < -0.3 is 14.5 Å². The molecule has 120 valence electrons. The van der Waals surface area contributed by atoms with Crippen molar-refractivity contribution in [2.45, 2.75) is 6.54 Å². The number of oxazole rings is 1. The first-order valence-corrected chi connectivity index (χ1v) is 8.01. The Hall–Kier alpha value is -3.11. The Labute approximate surface area is 142 Å². The first-order valence-electron chi connectivity index (χ1n) is 7.13. The Bertz CT molecular complexity index is 865. The smallest absolute Gasteiger partial charge is 0.258 e. The van der Waals surface area contributed by atoms with E-state index in [-0.39, 0.29) is 19.1 Å². The molecule has 0 radical (unpaired) electrons. The maximum atomic E-state index is 11.8. The third-order valence-electron chi connectivity index (χ3n) is 3.12. The molecule has 1 N–H and O–H groups in total. The lowest BCUT2D eigenvalue weighted by atomic mass is 10.2. The lowest BCUT2D eigenvalue weighted by molar-refractivity contribution is -0.123. The highest BCUT2D eigenvalue weighted by Crippen LogP contribution is 2.23. The van der Waals surface area contributed by atoms with E-state index in [2.05, 4.69) is 10.3 Å². The van der Waals surface area contributed by atoms with Crippen LogP contribution in [0.2, 0.25) is 0 Å².